The molecule has 8 nitrogen and oxygen atoms in total. The van der Waals surface area contributed by atoms with E-state index in [-0.39, 0.29) is 13.2 Å². The first kappa shape index (κ1) is 18.9. The van der Waals surface area contributed by atoms with E-state index >= 15 is 0 Å². The molecule has 1 amide bonds. The Balaban J connectivity index is 1.87. The van der Waals surface area contributed by atoms with Gasteiger partial charge < -0.3 is 29.0 Å². The molecule has 8 heteroatoms. The molecule has 1 aliphatic rings. The van der Waals surface area contributed by atoms with Crippen molar-refractivity contribution < 1.29 is 33.3 Å². The molecular formula is C17H23NO7. The van der Waals surface area contributed by atoms with Crippen molar-refractivity contribution in [2.24, 2.45) is 0 Å². The SMILES string of the molecule is COc1cc(CNC(=O)COC(=O)[C@@H]2CCCO2)cc(OC)c1OC. The maximum Gasteiger partial charge on any atom is 0.335 e. The van der Waals surface area contributed by atoms with Crippen molar-refractivity contribution >= 4 is 11.9 Å². The first-order chi connectivity index (χ1) is 12.1. The van der Waals surface area contributed by atoms with E-state index in [0.29, 0.717) is 30.3 Å². The topological polar surface area (TPSA) is 92.3 Å². The summed E-state index contributed by atoms with van der Waals surface area (Å²) in [5.74, 6) is 0.568. The summed E-state index contributed by atoms with van der Waals surface area (Å²) in [6, 6.07) is 3.47. The molecule has 1 atom stereocenters. The molecule has 0 radical (unpaired) electrons. The van der Waals surface area contributed by atoms with Gasteiger partial charge in [0.1, 0.15) is 0 Å². The molecule has 0 saturated carbocycles. The van der Waals surface area contributed by atoms with Crippen LogP contribution >= 0.6 is 0 Å². The lowest BCUT2D eigenvalue weighted by Gasteiger charge is -2.14. The quantitative estimate of drug-likeness (QED) is 0.698. The van der Waals surface area contributed by atoms with E-state index in [4.69, 9.17) is 23.7 Å². The van der Waals surface area contributed by atoms with Gasteiger partial charge >= 0.3 is 5.97 Å². The predicted molar refractivity (Wildman–Crippen MR) is 87.9 cm³/mol. The summed E-state index contributed by atoms with van der Waals surface area (Å²) in [5, 5.41) is 2.68. The Labute approximate surface area is 146 Å². The molecule has 1 aromatic carbocycles. The van der Waals surface area contributed by atoms with Crippen molar-refractivity contribution in [3.05, 3.63) is 17.7 Å². The van der Waals surface area contributed by atoms with Crippen LogP contribution in [0.4, 0.5) is 0 Å². The van der Waals surface area contributed by atoms with Crippen LogP contribution in [0.1, 0.15) is 18.4 Å². The number of ether oxygens (including phenoxy) is 5. The molecule has 0 spiro atoms. The molecule has 0 aromatic heterocycles. The molecule has 0 bridgehead atoms. The number of benzene rings is 1. The monoisotopic (exact) mass is 353 g/mol. The summed E-state index contributed by atoms with van der Waals surface area (Å²) in [7, 11) is 4.55. The van der Waals surface area contributed by atoms with Gasteiger partial charge in [0.05, 0.1) is 21.3 Å². The van der Waals surface area contributed by atoms with Crippen molar-refractivity contribution in [2.75, 3.05) is 34.5 Å². The smallest absolute Gasteiger partial charge is 0.335 e. The minimum absolute atomic E-state index is 0.229. The van der Waals surface area contributed by atoms with Crippen LogP contribution in [-0.4, -0.2) is 52.5 Å². The molecule has 138 valence electrons. The number of nitrogens with one attached hydrogen (secondary N) is 1. The summed E-state index contributed by atoms with van der Waals surface area (Å²) >= 11 is 0. The summed E-state index contributed by atoms with van der Waals surface area (Å²) in [6.45, 7) is 0.434. The van der Waals surface area contributed by atoms with Crippen molar-refractivity contribution in [2.45, 2.75) is 25.5 Å². The van der Waals surface area contributed by atoms with Gasteiger partial charge in [-0.2, -0.15) is 0 Å². The predicted octanol–water partition coefficient (Wildman–Crippen LogP) is 1.05. The third kappa shape index (κ3) is 4.99. The summed E-state index contributed by atoms with van der Waals surface area (Å²) in [4.78, 5) is 23.5. The van der Waals surface area contributed by atoms with E-state index in [1.807, 2.05) is 0 Å². The van der Waals surface area contributed by atoms with Crippen molar-refractivity contribution in [1.29, 1.82) is 0 Å². The van der Waals surface area contributed by atoms with Gasteiger partial charge in [-0.05, 0) is 30.5 Å². The second kappa shape index (κ2) is 9.12. The number of carbonyl (C=O) groups is 2. The maximum atomic E-state index is 11.9. The Morgan fingerprint density at radius 3 is 2.36 bits per heavy atom. The lowest BCUT2D eigenvalue weighted by molar-refractivity contribution is -0.157. The number of hydrogen-bond acceptors (Lipinski definition) is 7. The number of amides is 1. The fourth-order valence-corrected chi connectivity index (χ4v) is 2.48. The van der Waals surface area contributed by atoms with E-state index in [1.165, 1.54) is 21.3 Å². The summed E-state index contributed by atoms with van der Waals surface area (Å²) in [5.41, 5.74) is 0.758. The molecule has 1 saturated heterocycles. The number of rotatable bonds is 8. The Morgan fingerprint density at radius 2 is 1.84 bits per heavy atom. The molecule has 1 fully saturated rings. The maximum absolute atomic E-state index is 11.9. The van der Waals surface area contributed by atoms with E-state index in [0.717, 1.165) is 12.0 Å². The number of methoxy groups -OCH3 is 3. The molecule has 0 unspecified atom stereocenters. The normalized spacial score (nSPS) is 16.2. The first-order valence-corrected chi connectivity index (χ1v) is 7.92. The van der Waals surface area contributed by atoms with E-state index in [2.05, 4.69) is 5.32 Å². The third-order valence-corrected chi connectivity index (χ3v) is 3.75. The zero-order chi connectivity index (χ0) is 18.2. The summed E-state index contributed by atoms with van der Waals surface area (Å²) in [6.07, 6.45) is 0.904. The van der Waals surface area contributed by atoms with Crippen LogP contribution in [0.2, 0.25) is 0 Å². The van der Waals surface area contributed by atoms with Crippen LogP contribution in [0.5, 0.6) is 17.2 Å². The van der Waals surface area contributed by atoms with Crippen LogP contribution < -0.4 is 19.5 Å². The molecular weight excluding hydrogens is 330 g/mol. The minimum atomic E-state index is -0.553. The fraction of sp³-hybridized carbons (Fsp3) is 0.529. The van der Waals surface area contributed by atoms with Gasteiger partial charge in [-0.25, -0.2) is 4.79 Å². The first-order valence-electron chi connectivity index (χ1n) is 7.92. The van der Waals surface area contributed by atoms with Gasteiger partial charge in [-0.3, -0.25) is 4.79 Å². The Hall–Kier alpha value is -2.48. The third-order valence-electron chi connectivity index (χ3n) is 3.75. The van der Waals surface area contributed by atoms with E-state index in [1.54, 1.807) is 12.1 Å². The lowest BCUT2D eigenvalue weighted by atomic mass is 10.1. The highest BCUT2D eigenvalue weighted by Gasteiger charge is 2.25. The van der Waals surface area contributed by atoms with Crippen LogP contribution in [0, 0.1) is 0 Å². The lowest BCUT2D eigenvalue weighted by Crippen LogP contribution is -2.31. The van der Waals surface area contributed by atoms with Crippen LogP contribution in [0.3, 0.4) is 0 Å². The van der Waals surface area contributed by atoms with Crippen LogP contribution in [-0.2, 0) is 25.6 Å². The molecule has 1 aromatic rings. The molecule has 1 N–H and O–H groups in total. The minimum Gasteiger partial charge on any atom is -0.493 e. The fourth-order valence-electron chi connectivity index (χ4n) is 2.48. The van der Waals surface area contributed by atoms with Gasteiger partial charge in [-0.15, -0.1) is 0 Å². The van der Waals surface area contributed by atoms with Gasteiger partial charge in [-0.1, -0.05) is 0 Å². The van der Waals surface area contributed by atoms with Gasteiger partial charge in [0, 0.05) is 13.2 Å². The summed E-state index contributed by atoms with van der Waals surface area (Å²) < 4.78 is 25.9. The highest BCUT2D eigenvalue weighted by atomic mass is 16.6. The highest BCUT2D eigenvalue weighted by molar-refractivity contribution is 5.82. The zero-order valence-corrected chi connectivity index (χ0v) is 14.6. The van der Waals surface area contributed by atoms with Crippen molar-refractivity contribution in [3.8, 4) is 17.2 Å². The number of esters is 1. The Bertz CT molecular complexity index is 586. The Morgan fingerprint density at radius 1 is 1.16 bits per heavy atom. The molecule has 25 heavy (non-hydrogen) atoms. The highest BCUT2D eigenvalue weighted by Crippen LogP contribution is 2.38. The van der Waals surface area contributed by atoms with Crippen LogP contribution in [0.15, 0.2) is 12.1 Å². The second-order valence-electron chi connectivity index (χ2n) is 5.42. The molecule has 0 aliphatic carbocycles. The van der Waals surface area contributed by atoms with E-state index in [9.17, 15) is 9.59 Å². The average Bonchev–Trinajstić information content (AvgIpc) is 3.18. The molecule has 1 heterocycles. The van der Waals surface area contributed by atoms with Crippen LogP contribution in [0.25, 0.3) is 0 Å². The number of hydrogen-bond donors (Lipinski definition) is 1. The van der Waals surface area contributed by atoms with Gasteiger partial charge in [0.2, 0.25) is 5.75 Å². The van der Waals surface area contributed by atoms with Crippen molar-refractivity contribution in [1.82, 2.24) is 5.32 Å². The van der Waals surface area contributed by atoms with E-state index < -0.39 is 18.0 Å². The zero-order valence-electron chi connectivity index (χ0n) is 14.6. The average molecular weight is 353 g/mol. The standard InChI is InChI=1S/C17H23NO7/c1-21-13-7-11(8-14(22-2)16(13)23-3)9-18-15(19)10-25-17(20)12-5-4-6-24-12/h7-8,12H,4-6,9-10H2,1-3H3,(H,18,19)/t12-/m0/s1. The second-order valence-corrected chi connectivity index (χ2v) is 5.42. The van der Waals surface area contributed by atoms with Gasteiger partial charge in [0.15, 0.2) is 24.2 Å². The van der Waals surface area contributed by atoms with Gasteiger partial charge in [0.25, 0.3) is 5.91 Å². The van der Waals surface area contributed by atoms with Crippen molar-refractivity contribution in [3.63, 3.8) is 0 Å². The molecule has 1 aliphatic heterocycles. The molecule has 2 rings (SSSR count). The Kier molecular flexibility index (Phi) is 6.88. The number of carbonyl (C=O) groups excluding carboxylic acids is 2. The largest absolute Gasteiger partial charge is 0.493 e.